The van der Waals surface area contributed by atoms with Gasteiger partial charge in [-0.15, -0.1) is 0 Å². The Hall–Kier alpha value is -3.47. The molecule has 1 aliphatic rings. The van der Waals surface area contributed by atoms with Crippen LogP contribution in [0.25, 0.3) is 0 Å². The third kappa shape index (κ3) is 3.08. The molecule has 3 aromatic rings. The molecule has 1 atom stereocenters. The van der Waals surface area contributed by atoms with Crippen LogP contribution in [-0.4, -0.2) is 18.4 Å². The number of amides is 2. The van der Waals surface area contributed by atoms with Crippen LogP contribution in [0.3, 0.4) is 0 Å². The van der Waals surface area contributed by atoms with Gasteiger partial charge in [-0.1, -0.05) is 60.7 Å². The Morgan fingerprint density at radius 3 is 2.04 bits per heavy atom. The summed E-state index contributed by atoms with van der Waals surface area (Å²) in [5.41, 5.74) is 1.43. The molecule has 0 spiro atoms. The summed E-state index contributed by atoms with van der Waals surface area (Å²) in [7, 11) is 0. The zero-order valence-corrected chi connectivity index (χ0v) is 14.5. The van der Waals surface area contributed by atoms with Crippen molar-refractivity contribution >= 4 is 23.2 Å². The number of para-hydroxylation sites is 2. The van der Waals surface area contributed by atoms with Crippen LogP contribution in [0.4, 0.5) is 15.8 Å². The summed E-state index contributed by atoms with van der Waals surface area (Å²) < 4.78 is 14.3. The predicted molar refractivity (Wildman–Crippen MR) is 102 cm³/mol. The first-order valence-corrected chi connectivity index (χ1v) is 8.65. The van der Waals surface area contributed by atoms with Gasteiger partial charge in [0.15, 0.2) is 0 Å². The lowest BCUT2D eigenvalue weighted by Crippen LogP contribution is -2.56. The number of benzene rings is 3. The number of rotatable bonds is 3. The highest BCUT2D eigenvalue weighted by atomic mass is 19.1. The molecule has 1 aliphatic heterocycles. The lowest BCUT2D eigenvalue weighted by Gasteiger charge is -2.40. The lowest BCUT2D eigenvalue weighted by molar-refractivity contribution is -0.128. The number of piperazine rings is 1. The minimum atomic E-state index is -0.852. The van der Waals surface area contributed by atoms with Gasteiger partial charge in [0, 0.05) is 5.69 Å². The Bertz CT molecular complexity index is 976. The van der Waals surface area contributed by atoms with Gasteiger partial charge in [0.1, 0.15) is 18.4 Å². The minimum absolute atomic E-state index is 0.115. The van der Waals surface area contributed by atoms with E-state index in [0.717, 1.165) is 0 Å². The van der Waals surface area contributed by atoms with E-state index in [-0.39, 0.29) is 24.0 Å². The second-order valence-electron chi connectivity index (χ2n) is 6.29. The maximum absolute atomic E-state index is 14.3. The van der Waals surface area contributed by atoms with Gasteiger partial charge in [0.05, 0.1) is 5.69 Å². The van der Waals surface area contributed by atoms with E-state index >= 15 is 0 Å². The second-order valence-corrected chi connectivity index (χ2v) is 6.29. The number of anilines is 2. The Kier molecular flexibility index (Phi) is 4.42. The van der Waals surface area contributed by atoms with E-state index in [1.807, 2.05) is 36.4 Å². The molecule has 1 heterocycles. The first kappa shape index (κ1) is 17.0. The summed E-state index contributed by atoms with van der Waals surface area (Å²) in [6, 6.07) is 23.3. The number of nitrogens with zero attached hydrogens (tertiary/aromatic N) is 2. The smallest absolute Gasteiger partial charge is 0.255 e. The molecular weight excluding hydrogens is 343 g/mol. The normalized spacial score (nSPS) is 17.3. The molecule has 0 saturated carbocycles. The topological polar surface area (TPSA) is 40.6 Å². The lowest BCUT2D eigenvalue weighted by atomic mass is 9.99. The van der Waals surface area contributed by atoms with Crippen molar-refractivity contribution in [2.24, 2.45) is 0 Å². The van der Waals surface area contributed by atoms with E-state index < -0.39 is 11.9 Å². The van der Waals surface area contributed by atoms with Crippen LogP contribution in [0.5, 0.6) is 0 Å². The number of hydrogen-bond donors (Lipinski definition) is 0. The van der Waals surface area contributed by atoms with Crippen molar-refractivity contribution in [2.45, 2.75) is 6.04 Å². The van der Waals surface area contributed by atoms with Gasteiger partial charge in [-0.05, 0) is 29.8 Å². The molecule has 2 amide bonds. The minimum Gasteiger partial charge on any atom is -0.298 e. The fraction of sp³-hybridized carbons (Fsp3) is 0.0909. The molecule has 0 N–H and O–H groups in total. The van der Waals surface area contributed by atoms with Crippen molar-refractivity contribution in [3.05, 3.63) is 96.3 Å². The van der Waals surface area contributed by atoms with Crippen molar-refractivity contribution < 1.29 is 14.0 Å². The van der Waals surface area contributed by atoms with Gasteiger partial charge in [0.25, 0.3) is 5.91 Å². The maximum atomic E-state index is 14.3. The zero-order valence-electron chi connectivity index (χ0n) is 14.5. The average molecular weight is 360 g/mol. The molecule has 1 fully saturated rings. The Morgan fingerprint density at radius 1 is 0.778 bits per heavy atom. The monoisotopic (exact) mass is 360 g/mol. The fourth-order valence-corrected chi connectivity index (χ4v) is 3.37. The van der Waals surface area contributed by atoms with E-state index in [0.29, 0.717) is 11.3 Å². The summed E-state index contributed by atoms with van der Waals surface area (Å²) >= 11 is 0. The third-order valence-electron chi connectivity index (χ3n) is 4.61. The van der Waals surface area contributed by atoms with Gasteiger partial charge in [0.2, 0.25) is 5.91 Å². The van der Waals surface area contributed by atoms with Crippen LogP contribution in [0.1, 0.15) is 11.6 Å². The molecule has 3 aromatic carbocycles. The van der Waals surface area contributed by atoms with Gasteiger partial charge < -0.3 is 0 Å². The Morgan fingerprint density at radius 2 is 1.37 bits per heavy atom. The Labute approximate surface area is 156 Å². The number of carbonyl (C=O) groups excluding carboxylic acids is 2. The molecule has 0 radical (unpaired) electrons. The van der Waals surface area contributed by atoms with Crippen molar-refractivity contribution in [3.63, 3.8) is 0 Å². The number of halogens is 1. The molecular formula is C22H17FN2O2. The summed E-state index contributed by atoms with van der Waals surface area (Å²) in [4.78, 5) is 29.1. The molecule has 4 nitrogen and oxygen atoms in total. The number of carbonyl (C=O) groups is 2. The maximum Gasteiger partial charge on any atom is 0.255 e. The molecule has 4 rings (SSSR count). The van der Waals surface area contributed by atoms with E-state index in [1.54, 1.807) is 36.4 Å². The summed E-state index contributed by atoms with van der Waals surface area (Å²) in [5, 5.41) is 0. The quantitative estimate of drug-likeness (QED) is 0.710. The first-order valence-electron chi connectivity index (χ1n) is 8.65. The zero-order chi connectivity index (χ0) is 18.8. The van der Waals surface area contributed by atoms with Crippen molar-refractivity contribution in [1.29, 1.82) is 0 Å². The van der Waals surface area contributed by atoms with Crippen molar-refractivity contribution in [3.8, 4) is 0 Å². The van der Waals surface area contributed by atoms with Crippen LogP contribution in [0.2, 0.25) is 0 Å². The Balaban J connectivity index is 1.83. The standard InChI is InChI=1S/C22H17FN2O2/c23-18-13-7-8-14-19(18)24-15-20(26)25(17-11-5-2-6-12-17)21(22(24)27)16-9-3-1-4-10-16/h1-14,21H,15H2/t21-/m1/s1. The number of hydrogen-bond acceptors (Lipinski definition) is 2. The van der Waals surface area contributed by atoms with Gasteiger partial charge in [-0.25, -0.2) is 4.39 Å². The van der Waals surface area contributed by atoms with E-state index in [4.69, 9.17) is 0 Å². The molecule has 0 aromatic heterocycles. The van der Waals surface area contributed by atoms with Gasteiger partial charge in [-0.3, -0.25) is 19.4 Å². The molecule has 1 saturated heterocycles. The average Bonchev–Trinajstić information content (AvgIpc) is 2.71. The van der Waals surface area contributed by atoms with Crippen molar-refractivity contribution in [1.82, 2.24) is 0 Å². The largest absolute Gasteiger partial charge is 0.298 e. The van der Waals surface area contributed by atoms with E-state index in [9.17, 15) is 14.0 Å². The molecule has 0 aliphatic carbocycles. The van der Waals surface area contributed by atoms with Crippen LogP contribution in [0.15, 0.2) is 84.9 Å². The van der Waals surface area contributed by atoms with Crippen LogP contribution in [-0.2, 0) is 9.59 Å². The highest BCUT2D eigenvalue weighted by molar-refractivity contribution is 6.14. The van der Waals surface area contributed by atoms with Gasteiger partial charge >= 0.3 is 0 Å². The van der Waals surface area contributed by atoms with Gasteiger partial charge in [-0.2, -0.15) is 0 Å². The highest BCUT2D eigenvalue weighted by Gasteiger charge is 2.42. The second kappa shape index (κ2) is 7.03. The molecule has 5 heteroatoms. The SMILES string of the molecule is O=C1[C@@H](c2ccccc2)N(c2ccccc2)C(=O)CN1c1ccccc1F. The van der Waals surface area contributed by atoms with Crippen LogP contribution in [0, 0.1) is 5.82 Å². The first-order chi connectivity index (χ1) is 13.2. The summed E-state index contributed by atoms with van der Waals surface area (Å²) in [6.45, 7) is -0.210. The molecule has 0 unspecified atom stereocenters. The third-order valence-corrected chi connectivity index (χ3v) is 4.61. The van der Waals surface area contributed by atoms with Crippen molar-refractivity contribution in [2.75, 3.05) is 16.3 Å². The van der Waals surface area contributed by atoms with E-state index in [2.05, 4.69) is 0 Å². The fourth-order valence-electron chi connectivity index (χ4n) is 3.37. The van der Waals surface area contributed by atoms with Crippen LogP contribution < -0.4 is 9.80 Å². The summed E-state index contributed by atoms with van der Waals surface area (Å²) in [5.74, 6) is -1.13. The highest BCUT2D eigenvalue weighted by Crippen LogP contribution is 2.34. The predicted octanol–water partition coefficient (Wildman–Crippen LogP) is 3.95. The molecule has 27 heavy (non-hydrogen) atoms. The van der Waals surface area contributed by atoms with E-state index in [1.165, 1.54) is 21.9 Å². The summed E-state index contributed by atoms with van der Waals surface area (Å²) in [6.07, 6.45) is 0. The van der Waals surface area contributed by atoms with Crippen LogP contribution >= 0.6 is 0 Å². The molecule has 134 valence electrons. The molecule has 0 bridgehead atoms.